The van der Waals surface area contributed by atoms with Crippen molar-refractivity contribution in [3.05, 3.63) is 0 Å². The molecule has 63 heteroatoms. The maximum atomic E-state index is 13.4. The fourth-order valence-corrected chi connectivity index (χ4v) is 13.7. The van der Waals surface area contributed by atoms with Crippen LogP contribution in [0.4, 0.5) is 0 Å². The normalized spacial score (nSPS) is 39.3. The van der Waals surface area contributed by atoms with Gasteiger partial charge in [0.2, 0.25) is 35.4 Å². The Balaban J connectivity index is 0.0000115. The van der Waals surface area contributed by atoms with Gasteiger partial charge in [0.15, 0.2) is 44.0 Å². The summed E-state index contributed by atoms with van der Waals surface area (Å²) >= 11 is 0. The minimum absolute atomic E-state index is 0. The molecule has 21 fully saturated rings. The minimum Gasteiger partial charge on any atom is -0.395 e. The molecule has 750 valence electrons. The molecule has 21 rings (SSSR count). The van der Waals surface area contributed by atoms with Gasteiger partial charge in [-0.25, -0.2) is 0 Å². The van der Waals surface area contributed by atoms with Crippen molar-refractivity contribution < 1.29 is 207 Å². The van der Waals surface area contributed by atoms with Crippen molar-refractivity contribution in [1.29, 1.82) is 0 Å². The Hall–Kier alpha value is -2.91. The topological polar surface area (TPSA) is 943 Å². The summed E-state index contributed by atoms with van der Waals surface area (Å²) in [7, 11) is 0. The number of amides is 6. The number of halogens is 7. The zero-order valence-electron chi connectivity index (χ0n) is 66.8. The lowest BCUT2D eigenvalue weighted by Crippen LogP contribution is -2.69. The van der Waals surface area contributed by atoms with E-state index in [2.05, 4.69) is 37.2 Å². The van der Waals surface area contributed by atoms with Gasteiger partial charge in [0.05, 0.1) is 52.3 Å². The maximum absolute atomic E-state index is 13.4. The minimum atomic E-state index is -2.52. The molecule has 0 saturated carbocycles. The second kappa shape index (κ2) is 56.6. The van der Waals surface area contributed by atoms with E-state index in [1.807, 2.05) is 0 Å². The largest absolute Gasteiger partial charge is 0.395 e. The standard InChI is InChI=1S/C64H116N14O42.7ClH/c65-16(9-79)1-30(86)72-2-23-45-31(87)38(94)58(107-23)115-46-24(3-73-52(101)17(66)10-80)109-60(40(96)33(46)89)117-48-26(5-75-54(103)19(68)12-82)111-62(42(98)35(48)91)119-50-28(7-77-56(105)21(70)14-84)113-64(44(100)37(50)93)120-51-29(8-78-57(106)22(71)15-85)112-63(43(99)36(51)92)118-49-27(6-76-55(104)20(69)13-83)110-61(41(97)34(49)90)116-47-25(4-74-53(102)18(67)11-81)108-59(114-45)39(95)32(47)88;;;;;;;/h16-29,31-51,53,58-64,74,79-85,87-100,102H,1-15,65-71H2,(H,72,86)(H,73,101)(H,75,103)(H,76,104)(H,77,105)(H,78,106);7*1H/t16-,17+,18+,19+,20+,21+,22+,23-,24-,25-,26-,27-,28-,29-,31-,32-,33-,34-,35-,36-,37-,38-,39-,40-,41-,42-,43-,44-,45-,46-,47-,48-,49-,50-,51-,53?,58-,59-,60-,61-,62-,63-,64-;;;;;;;/m1......./s1. The second-order valence-electron chi connectivity index (χ2n) is 29.7. The first kappa shape index (κ1) is 122. The van der Waals surface area contributed by atoms with E-state index in [-0.39, 0.29) is 86.8 Å². The first-order valence-corrected chi connectivity index (χ1v) is 38.1. The Bertz CT molecular complexity index is 3260. The zero-order chi connectivity index (χ0) is 88.7. The van der Waals surface area contributed by atoms with Crippen LogP contribution in [0.25, 0.3) is 0 Å². The lowest BCUT2D eigenvalue weighted by molar-refractivity contribution is -0.392. The zero-order valence-corrected chi connectivity index (χ0v) is 72.6. The molecule has 0 spiro atoms. The van der Waals surface area contributed by atoms with Crippen molar-refractivity contribution in [1.82, 2.24) is 37.2 Å². The Kier molecular flexibility index (Phi) is 54.4. The molecule has 56 nitrogen and oxygen atoms in total. The highest BCUT2D eigenvalue weighted by Crippen LogP contribution is 2.40. The van der Waals surface area contributed by atoms with Gasteiger partial charge in [0.1, 0.15) is 207 Å². The number of rotatable bonds is 30. The van der Waals surface area contributed by atoms with Crippen LogP contribution in [0.5, 0.6) is 0 Å². The molecule has 127 heavy (non-hydrogen) atoms. The molecule has 21 heterocycles. The van der Waals surface area contributed by atoms with Crippen LogP contribution >= 0.6 is 86.8 Å². The summed E-state index contributed by atoms with van der Waals surface area (Å²) in [4.78, 5) is 79.6. The van der Waals surface area contributed by atoms with Crippen molar-refractivity contribution in [3.63, 3.8) is 0 Å². The van der Waals surface area contributed by atoms with Crippen molar-refractivity contribution in [2.24, 2.45) is 40.1 Å². The summed E-state index contributed by atoms with van der Waals surface area (Å²) in [6.07, 6.45) is -82.8. The third-order valence-corrected chi connectivity index (χ3v) is 20.9. The average molecular weight is 2010 g/mol. The molecule has 0 aromatic carbocycles. The van der Waals surface area contributed by atoms with Crippen LogP contribution in [0.15, 0.2) is 0 Å². The molecule has 21 saturated heterocycles. The van der Waals surface area contributed by atoms with Crippen molar-refractivity contribution in [3.8, 4) is 0 Å². The summed E-state index contributed by atoms with van der Waals surface area (Å²) in [6.45, 7) is -12.8. The van der Waals surface area contributed by atoms with Crippen LogP contribution in [-0.2, 0) is 95.1 Å². The predicted octanol–water partition coefficient (Wildman–Crippen LogP) is -23.0. The summed E-state index contributed by atoms with van der Waals surface area (Å²) in [6, 6.07) is -11.0. The Morgan fingerprint density at radius 1 is 0.244 bits per heavy atom. The van der Waals surface area contributed by atoms with E-state index in [0.29, 0.717) is 0 Å². The van der Waals surface area contributed by atoms with E-state index >= 15 is 0 Å². The lowest BCUT2D eigenvalue weighted by Gasteiger charge is -2.50. The molecule has 6 amide bonds. The van der Waals surface area contributed by atoms with E-state index in [1.165, 1.54) is 0 Å². The van der Waals surface area contributed by atoms with E-state index in [4.69, 9.17) is 106 Å². The molecule has 0 aliphatic carbocycles. The van der Waals surface area contributed by atoms with Gasteiger partial charge in [-0.2, -0.15) is 0 Å². The molecule has 1 unspecified atom stereocenters. The van der Waals surface area contributed by atoms with Crippen LogP contribution < -0.4 is 77.4 Å². The monoisotopic (exact) mass is 2000 g/mol. The van der Waals surface area contributed by atoms with Gasteiger partial charge in [-0.3, -0.25) is 34.1 Å². The fourth-order valence-electron chi connectivity index (χ4n) is 13.7. The summed E-state index contributed by atoms with van der Waals surface area (Å²) in [5.41, 5.74) is 40.6. The number of nitrogens with one attached hydrogen (secondary N) is 7. The summed E-state index contributed by atoms with van der Waals surface area (Å²) < 4.78 is 85.5. The van der Waals surface area contributed by atoms with Crippen LogP contribution in [0.2, 0.25) is 0 Å². The second-order valence-corrected chi connectivity index (χ2v) is 29.7. The number of hydrogen-bond donors (Lipinski definition) is 36. The Morgan fingerprint density at radius 2 is 0.417 bits per heavy atom. The van der Waals surface area contributed by atoms with Crippen LogP contribution in [0.3, 0.4) is 0 Å². The Morgan fingerprint density at radius 3 is 0.583 bits per heavy atom. The quantitative estimate of drug-likeness (QED) is 0.0297. The third kappa shape index (κ3) is 30.8. The molecule has 14 bridgehead atoms. The maximum Gasteiger partial charge on any atom is 0.239 e. The SMILES string of the molecule is Cl.Cl.Cl.Cl.Cl.Cl.Cl.N[C@@H](CO)CC(=O)NC[C@H]1O[C@@H]2O[C@H]3[C@H](O)[C@@H](O)[C@@H](O[C@H]4[C@H](O)[C@@H](O)[C@@H](O[C@H]5[C@H](O)[C@@H](O)[C@@H](O[C@H]6[C@H](O)[C@@H](O)[C@@H](O[C@H]7[C@H](O)[C@@H](O)[C@@H](O[C@H]8[C@H](O)[C@@H](O)[C@@H](O[C@H]1[C@H](O)[C@H]2O)O[C@@H]8CNC(O)[C@@H](N)CO)O[C@@H]7CNC(=O)[C@@H](N)CO)O[C@@H]6CNC(=O)[C@@H](N)CO)O[C@@H]5CNC(=O)[C@@H](N)CO)O[C@@H]4CNC(=O)[C@@H](N)CO)O[C@@H]3CNC(=O)[C@@H](N)CO. The lowest BCUT2D eigenvalue weighted by atomic mass is 9.94. The van der Waals surface area contributed by atoms with Crippen molar-refractivity contribution >= 4 is 122 Å². The number of carbonyl (C=O) groups excluding carboxylic acids is 6. The molecule has 21 aliphatic heterocycles. The average Bonchev–Trinajstić information content (AvgIpc) is 0.852. The number of aliphatic hydroxyl groups excluding tert-OH is 22. The fraction of sp³-hybridized carbons (Fsp3) is 0.906. The molecule has 43 N–H and O–H groups in total. The van der Waals surface area contributed by atoms with Gasteiger partial charge in [-0.05, 0) is 0 Å². The smallest absolute Gasteiger partial charge is 0.239 e. The first-order valence-electron chi connectivity index (χ1n) is 38.1. The van der Waals surface area contributed by atoms with Gasteiger partial charge in [-0.1, -0.05) is 0 Å². The number of hydrogen-bond acceptors (Lipinski definition) is 50. The van der Waals surface area contributed by atoms with Crippen molar-refractivity contribution in [2.75, 3.05) is 92.1 Å². The van der Waals surface area contributed by atoms with Gasteiger partial charge >= 0.3 is 0 Å². The molecule has 21 aliphatic rings. The van der Waals surface area contributed by atoms with Gasteiger partial charge in [0, 0.05) is 58.3 Å². The molecule has 43 atom stereocenters. The highest BCUT2D eigenvalue weighted by molar-refractivity contribution is 5.87. The third-order valence-electron chi connectivity index (χ3n) is 20.9. The van der Waals surface area contributed by atoms with Gasteiger partial charge < -0.3 is 251 Å². The van der Waals surface area contributed by atoms with Crippen molar-refractivity contribution in [2.45, 2.75) is 270 Å². The van der Waals surface area contributed by atoms with E-state index in [9.17, 15) is 141 Å². The van der Waals surface area contributed by atoms with Crippen LogP contribution in [0, 0.1) is 0 Å². The molecule has 0 aromatic rings. The molecular weight excluding hydrogens is 1880 g/mol. The van der Waals surface area contributed by atoms with Crippen LogP contribution in [0.1, 0.15) is 6.42 Å². The number of aliphatic hydroxyl groups is 22. The van der Waals surface area contributed by atoms with Gasteiger partial charge in [-0.15, -0.1) is 86.8 Å². The summed E-state index contributed by atoms with van der Waals surface area (Å²) in [5, 5.41) is 266. The summed E-state index contributed by atoms with van der Waals surface area (Å²) in [5.74, 6) is -6.57. The van der Waals surface area contributed by atoms with E-state index < -0.39 is 397 Å². The van der Waals surface area contributed by atoms with Crippen LogP contribution in [-0.4, -0.2) is 503 Å². The highest BCUT2D eigenvalue weighted by atomic mass is 35.5. The highest BCUT2D eigenvalue weighted by Gasteiger charge is 2.61. The van der Waals surface area contributed by atoms with E-state index in [1.54, 1.807) is 0 Å². The predicted molar refractivity (Wildman–Crippen MR) is 432 cm³/mol. The van der Waals surface area contributed by atoms with E-state index in [0.717, 1.165) is 0 Å². The molecular formula is C64H123Cl7N14O42. The molecule has 0 aromatic heterocycles. The number of ether oxygens (including phenoxy) is 14. The first-order chi connectivity index (χ1) is 56.8. The number of nitrogens with two attached hydrogens (primary N) is 7. The number of carbonyl (C=O) groups is 6. The molecule has 0 radical (unpaired) electrons. The van der Waals surface area contributed by atoms with Gasteiger partial charge in [0.25, 0.3) is 0 Å². The Labute approximate surface area is 765 Å².